The molecule has 0 amide bonds. The van der Waals surface area contributed by atoms with Crippen LogP contribution >= 0.6 is 0 Å². The monoisotopic (exact) mass is 278 g/mol. The molecule has 2 N–H and O–H groups in total. The van der Waals surface area contributed by atoms with Crippen molar-refractivity contribution in [1.29, 1.82) is 0 Å². The largest absolute Gasteiger partial charge is 0.396 e. The molecule has 0 unspecified atom stereocenters. The standard InChI is InChI=1S/C15H26N4O/c1-3-15(12-20)6-5-7-19(11-15)10-13-8-17-14(16-4-2)18-9-13/h8-9,20H,3-7,10-12H2,1-2H3,(H,16,17,18)/t15-/m1/s1. The lowest BCUT2D eigenvalue weighted by molar-refractivity contribution is 0.0257. The molecule has 2 heterocycles. The Hall–Kier alpha value is -1.20. The summed E-state index contributed by atoms with van der Waals surface area (Å²) in [7, 11) is 0. The van der Waals surface area contributed by atoms with Crippen molar-refractivity contribution in [3.05, 3.63) is 18.0 Å². The molecule has 1 aliphatic heterocycles. The minimum atomic E-state index is 0.0861. The Morgan fingerprint density at radius 1 is 1.35 bits per heavy atom. The van der Waals surface area contributed by atoms with E-state index in [-0.39, 0.29) is 12.0 Å². The van der Waals surface area contributed by atoms with E-state index in [0.717, 1.165) is 51.0 Å². The number of anilines is 1. The molecule has 0 saturated carbocycles. The van der Waals surface area contributed by atoms with E-state index in [1.165, 1.54) is 0 Å². The topological polar surface area (TPSA) is 61.3 Å². The third-order valence-electron chi connectivity index (χ3n) is 4.27. The van der Waals surface area contributed by atoms with E-state index in [0.29, 0.717) is 5.95 Å². The smallest absolute Gasteiger partial charge is 0.222 e. The van der Waals surface area contributed by atoms with E-state index in [9.17, 15) is 5.11 Å². The van der Waals surface area contributed by atoms with Gasteiger partial charge in [-0.1, -0.05) is 6.92 Å². The summed E-state index contributed by atoms with van der Waals surface area (Å²) >= 11 is 0. The molecule has 20 heavy (non-hydrogen) atoms. The van der Waals surface area contributed by atoms with Crippen LogP contribution in [0.5, 0.6) is 0 Å². The summed E-state index contributed by atoms with van der Waals surface area (Å²) < 4.78 is 0. The van der Waals surface area contributed by atoms with Gasteiger partial charge in [-0.25, -0.2) is 9.97 Å². The minimum Gasteiger partial charge on any atom is -0.396 e. The Morgan fingerprint density at radius 3 is 2.70 bits per heavy atom. The van der Waals surface area contributed by atoms with Crippen LogP contribution in [0.15, 0.2) is 12.4 Å². The Kier molecular flexibility index (Phi) is 5.31. The Labute approximate surface area is 121 Å². The van der Waals surface area contributed by atoms with Gasteiger partial charge in [-0.05, 0) is 32.7 Å². The molecule has 1 aromatic heterocycles. The quantitative estimate of drug-likeness (QED) is 0.832. The summed E-state index contributed by atoms with van der Waals surface area (Å²) in [6.07, 6.45) is 7.12. The zero-order chi connectivity index (χ0) is 14.4. The predicted octanol–water partition coefficient (Wildman–Crippen LogP) is 1.89. The van der Waals surface area contributed by atoms with Crippen molar-refractivity contribution in [2.45, 2.75) is 39.7 Å². The van der Waals surface area contributed by atoms with Gasteiger partial charge in [0.15, 0.2) is 0 Å². The second-order valence-corrected chi connectivity index (χ2v) is 5.77. The molecule has 0 aliphatic carbocycles. The lowest BCUT2D eigenvalue weighted by Gasteiger charge is -2.41. The lowest BCUT2D eigenvalue weighted by Crippen LogP contribution is -2.44. The molecule has 1 fully saturated rings. The van der Waals surface area contributed by atoms with Crippen LogP contribution in [0.4, 0.5) is 5.95 Å². The molecule has 5 nitrogen and oxygen atoms in total. The number of likely N-dealkylation sites (tertiary alicyclic amines) is 1. The number of hydrogen-bond donors (Lipinski definition) is 2. The van der Waals surface area contributed by atoms with Gasteiger partial charge < -0.3 is 10.4 Å². The highest BCUT2D eigenvalue weighted by Gasteiger charge is 2.33. The number of nitrogens with zero attached hydrogens (tertiary/aromatic N) is 3. The van der Waals surface area contributed by atoms with E-state index >= 15 is 0 Å². The maximum absolute atomic E-state index is 9.66. The highest BCUT2D eigenvalue weighted by Crippen LogP contribution is 2.33. The highest BCUT2D eigenvalue weighted by molar-refractivity contribution is 5.24. The molecule has 5 heteroatoms. The van der Waals surface area contributed by atoms with Gasteiger partial charge in [-0.2, -0.15) is 0 Å². The van der Waals surface area contributed by atoms with E-state index in [2.05, 4.69) is 27.1 Å². The van der Waals surface area contributed by atoms with Crippen molar-refractivity contribution < 1.29 is 5.11 Å². The molecule has 1 atom stereocenters. The molecule has 0 spiro atoms. The number of aliphatic hydroxyl groups excluding tert-OH is 1. The van der Waals surface area contributed by atoms with Gasteiger partial charge in [0, 0.05) is 49.6 Å². The van der Waals surface area contributed by atoms with Crippen molar-refractivity contribution >= 4 is 5.95 Å². The molecular formula is C15H26N4O. The van der Waals surface area contributed by atoms with Crippen LogP contribution in [0.2, 0.25) is 0 Å². The zero-order valence-corrected chi connectivity index (χ0v) is 12.6. The van der Waals surface area contributed by atoms with Crippen LogP contribution in [0.25, 0.3) is 0 Å². The van der Waals surface area contributed by atoms with Crippen LogP contribution < -0.4 is 5.32 Å². The fraction of sp³-hybridized carbons (Fsp3) is 0.733. The highest BCUT2D eigenvalue weighted by atomic mass is 16.3. The van der Waals surface area contributed by atoms with Crippen LogP contribution in [0.3, 0.4) is 0 Å². The number of nitrogens with one attached hydrogen (secondary N) is 1. The first-order chi connectivity index (χ1) is 9.71. The normalized spacial score (nSPS) is 23.8. The fourth-order valence-electron chi connectivity index (χ4n) is 2.92. The summed E-state index contributed by atoms with van der Waals surface area (Å²) in [5, 5.41) is 12.8. The van der Waals surface area contributed by atoms with Gasteiger partial charge in [-0.15, -0.1) is 0 Å². The summed E-state index contributed by atoms with van der Waals surface area (Å²) in [4.78, 5) is 11.0. The maximum atomic E-state index is 9.66. The van der Waals surface area contributed by atoms with Crippen molar-refractivity contribution in [1.82, 2.24) is 14.9 Å². The number of piperidine rings is 1. The molecule has 0 bridgehead atoms. The number of hydrogen-bond acceptors (Lipinski definition) is 5. The molecular weight excluding hydrogens is 252 g/mol. The first-order valence-electron chi connectivity index (χ1n) is 7.59. The van der Waals surface area contributed by atoms with Crippen LogP contribution in [-0.2, 0) is 6.54 Å². The molecule has 0 aromatic carbocycles. The van der Waals surface area contributed by atoms with E-state index < -0.39 is 0 Å². The second kappa shape index (κ2) is 6.99. The Morgan fingerprint density at radius 2 is 2.10 bits per heavy atom. The molecule has 112 valence electrons. The average Bonchev–Trinajstić information content (AvgIpc) is 2.50. The molecule has 2 rings (SSSR count). The van der Waals surface area contributed by atoms with Gasteiger partial charge in [0.2, 0.25) is 5.95 Å². The van der Waals surface area contributed by atoms with Crippen molar-refractivity contribution in [3.8, 4) is 0 Å². The van der Waals surface area contributed by atoms with E-state index in [4.69, 9.17) is 0 Å². The number of rotatable bonds is 6. The fourth-order valence-corrected chi connectivity index (χ4v) is 2.92. The van der Waals surface area contributed by atoms with E-state index in [1.807, 2.05) is 19.3 Å². The maximum Gasteiger partial charge on any atom is 0.222 e. The Bertz CT molecular complexity index is 403. The minimum absolute atomic E-state index is 0.0861. The van der Waals surface area contributed by atoms with Crippen LogP contribution in [0.1, 0.15) is 38.7 Å². The second-order valence-electron chi connectivity index (χ2n) is 5.77. The summed E-state index contributed by atoms with van der Waals surface area (Å²) in [6.45, 7) is 8.26. The van der Waals surface area contributed by atoms with Gasteiger partial charge in [0.05, 0.1) is 0 Å². The zero-order valence-electron chi connectivity index (χ0n) is 12.6. The first-order valence-corrected chi connectivity index (χ1v) is 7.59. The predicted molar refractivity (Wildman–Crippen MR) is 80.5 cm³/mol. The lowest BCUT2D eigenvalue weighted by atomic mass is 9.78. The molecule has 0 radical (unpaired) electrons. The van der Waals surface area contributed by atoms with Crippen LogP contribution in [-0.4, -0.2) is 46.2 Å². The SMILES string of the molecule is CCNc1ncc(CN2CCC[C@@](CC)(CO)C2)cn1. The van der Waals surface area contributed by atoms with E-state index in [1.54, 1.807) is 0 Å². The molecule has 1 aliphatic rings. The van der Waals surface area contributed by atoms with Crippen molar-refractivity contribution in [2.24, 2.45) is 5.41 Å². The Balaban J connectivity index is 1.95. The van der Waals surface area contributed by atoms with Crippen molar-refractivity contribution in [3.63, 3.8) is 0 Å². The van der Waals surface area contributed by atoms with Gasteiger partial charge in [0.1, 0.15) is 0 Å². The van der Waals surface area contributed by atoms with Gasteiger partial charge >= 0.3 is 0 Å². The third-order valence-corrected chi connectivity index (χ3v) is 4.27. The molecule has 1 saturated heterocycles. The van der Waals surface area contributed by atoms with Gasteiger partial charge in [-0.3, -0.25) is 4.90 Å². The van der Waals surface area contributed by atoms with Crippen molar-refractivity contribution in [2.75, 3.05) is 31.6 Å². The van der Waals surface area contributed by atoms with Crippen LogP contribution in [0, 0.1) is 5.41 Å². The number of aliphatic hydroxyl groups is 1. The average molecular weight is 278 g/mol. The third kappa shape index (κ3) is 3.67. The van der Waals surface area contributed by atoms with Gasteiger partial charge in [0.25, 0.3) is 0 Å². The molecule has 1 aromatic rings. The summed E-state index contributed by atoms with van der Waals surface area (Å²) in [5.74, 6) is 0.688. The summed E-state index contributed by atoms with van der Waals surface area (Å²) in [6, 6.07) is 0. The number of aromatic nitrogens is 2. The first kappa shape index (κ1) is 15.2. The summed E-state index contributed by atoms with van der Waals surface area (Å²) in [5.41, 5.74) is 1.22.